The van der Waals surface area contributed by atoms with Crippen LogP contribution in [0.15, 0.2) is 18.9 Å². The number of imidazole rings is 1. The molecule has 0 bridgehead atoms. The van der Waals surface area contributed by atoms with Crippen LogP contribution in [0.5, 0.6) is 0 Å². The lowest BCUT2D eigenvalue weighted by atomic mass is 10.5. The number of hydrogen-bond donors (Lipinski definition) is 1. The summed E-state index contributed by atoms with van der Waals surface area (Å²) in [7, 11) is 4.07. The third kappa shape index (κ3) is 2.21. The van der Waals surface area contributed by atoms with Crippen LogP contribution in [0.25, 0.3) is 5.52 Å². The number of likely N-dealkylation sites (N-methyl/N-ethyl adjacent to an activating group) is 1. The first-order chi connectivity index (χ1) is 7.27. The number of aromatic nitrogens is 4. The second kappa shape index (κ2) is 4.22. The largest absolute Gasteiger partial charge is 0.365 e. The quantitative estimate of drug-likeness (QED) is 0.768. The van der Waals surface area contributed by atoms with E-state index in [2.05, 4.69) is 25.4 Å². The zero-order chi connectivity index (χ0) is 10.7. The fourth-order valence-electron chi connectivity index (χ4n) is 1.29. The van der Waals surface area contributed by atoms with E-state index in [0.29, 0.717) is 0 Å². The van der Waals surface area contributed by atoms with Crippen LogP contribution in [0, 0.1) is 0 Å². The molecule has 15 heavy (non-hydrogen) atoms. The summed E-state index contributed by atoms with van der Waals surface area (Å²) >= 11 is 0. The molecule has 2 rings (SSSR count). The van der Waals surface area contributed by atoms with E-state index in [1.165, 1.54) is 0 Å². The summed E-state index contributed by atoms with van der Waals surface area (Å²) in [4.78, 5) is 6.15. The second-order valence-corrected chi connectivity index (χ2v) is 3.60. The first kappa shape index (κ1) is 9.85. The van der Waals surface area contributed by atoms with Gasteiger partial charge in [0.25, 0.3) is 0 Å². The Morgan fingerprint density at radius 1 is 1.40 bits per heavy atom. The van der Waals surface area contributed by atoms with Crippen molar-refractivity contribution >= 4 is 11.3 Å². The Morgan fingerprint density at radius 3 is 3.07 bits per heavy atom. The Balaban J connectivity index is 2.10. The van der Waals surface area contributed by atoms with E-state index in [1.54, 1.807) is 18.9 Å². The average molecular weight is 206 g/mol. The first-order valence-corrected chi connectivity index (χ1v) is 4.79. The molecule has 80 valence electrons. The highest BCUT2D eigenvalue weighted by molar-refractivity contribution is 5.65. The number of nitrogens with zero attached hydrogens (tertiary/aromatic N) is 5. The van der Waals surface area contributed by atoms with Gasteiger partial charge in [0.15, 0.2) is 5.82 Å². The van der Waals surface area contributed by atoms with Crippen molar-refractivity contribution < 1.29 is 0 Å². The van der Waals surface area contributed by atoms with Gasteiger partial charge >= 0.3 is 0 Å². The molecule has 2 aromatic heterocycles. The monoisotopic (exact) mass is 206 g/mol. The minimum absolute atomic E-state index is 0.775. The van der Waals surface area contributed by atoms with Gasteiger partial charge in [0.2, 0.25) is 0 Å². The molecule has 0 aliphatic carbocycles. The zero-order valence-electron chi connectivity index (χ0n) is 8.88. The molecule has 0 aliphatic rings. The second-order valence-electron chi connectivity index (χ2n) is 3.60. The molecule has 0 amide bonds. The van der Waals surface area contributed by atoms with Crippen LogP contribution >= 0.6 is 0 Å². The van der Waals surface area contributed by atoms with Gasteiger partial charge in [0.1, 0.15) is 18.2 Å². The van der Waals surface area contributed by atoms with Crippen molar-refractivity contribution in [1.29, 1.82) is 0 Å². The van der Waals surface area contributed by atoms with E-state index < -0.39 is 0 Å². The van der Waals surface area contributed by atoms with Crippen molar-refractivity contribution in [3.8, 4) is 0 Å². The smallest absolute Gasteiger partial charge is 0.174 e. The summed E-state index contributed by atoms with van der Waals surface area (Å²) in [5.74, 6) is 0.775. The zero-order valence-corrected chi connectivity index (χ0v) is 8.88. The van der Waals surface area contributed by atoms with Gasteiger partial charge in [-0.3, -0.25) is 4.40 Å². The number of fused-ring (bicyclic) bond motifs is 1. The van der Waals surface area contributed by atoms with Crippen molar-refractivity contribution in [2.45, 2.75) is 0 Å². The highest BCUT2D eigenvalue weighted by atomic mass is 15.2. The van der Waals surface area contributed by atoms with Gasteiger partial charge in [-0.15, -0.1) is 10.2 Å². The van der Waals surface area contributed by atoms with E-state index in [1.807, 2.05) is 18.5 Å². The number of hydrogen-bond acceptors (Lipinski definition) is 5. The highest BCUT2D eigenvalue weighted by Gasteiger charge is 2.02. The van der Waals surface area contributed by atoms with Crippen molar-refractivity contribution in [1.82, 2.24) is 24.5 Å². The maximum absolute atomic E-state index is 4.04. The first-order valence-electron chi connectivity index (χ1n) is 4.79. The molecular formula is C9H14N6. The third-order valence-corrected chi connectivity index (χ3v) is 2.09. The van der Waals surface area contributed by atoms with E-state index >= 15 is 0 Å². The van der Waals surface area contributed by atoms with E-state index in [0.717, 1.165) is 24.4 Å². The van der Waals surface area contributed by atoms with Gasteiger partial charge in [-0.25, -0.2) is 4.98 Å². The summed E-state index contributed by atoms with van der Waals surface area (Å²) in [5, 5.41) is 11.1. The van der Waals surface area contributed by atoms with Gasteiger partial charge in [-0.2, -0.15) is 0 Å². The summed E-state index contributed by atoms with van der Waals surface area (Å²) in [5.41, 5.74) is 0.948. The molecule has 2 aromatic rings. The minimum atomic E-state index is 0.775. The Morgan fingerprint density at radius 2 is 2.27 bits per heavy atom. The van der Waals surface area contributed by atoms with Crippen molar-refractivity contribution in [3.63, 3.8) is 0 Å². The molecule has 0 fully saturated rings. The van der Waals surface area contributed by atoms with E-state index in [-0.39, 0.29) is 0 Å². The number of nitrogens with one attached hydrogen (secondary N) is 1. The summed E-state index contributed by atoms with van der Waals surface area (Å²) < 4.78 is 1.84. The maximum Gasteiger partial charge on any atom is 0.174 e. The normalized spacial score (nSPS) is 11.1. The molecule has 2 heterocycles. The molecule has 0 radical (unpaired) electrons. The minimum Gasteiger partial charge on any atom is -0.365 e. The average Bonchev–Trinajstić information content (AvgIpc) is 2.65. The lowest BCUT2D eigenvalue weighted by Gasteiger charge is -2.10. The molecule has 6 nitrogen and oxygen atoms in total. The van der Waals surface area contributed by atoms with Crippen molar-refractivity contribution in [2.24, 2.45) is 0 Å². The predicted octanol–water partition coefficient (Wildman–Crippen LogP) is 0.0978. The molecule has 0 aliphatic heterocycles. The van der Waals surface area contributed by atoms with Crippen LogP contribution in [-0.4, -0.2) is 51.7 Å². The van der Waals surface area contributed by atoms with E-state index in [9.17, 15) is 0 Å². The Labute approximate surface area is 87.9 Å². The Hall–Kier alpha value is -1.69. The molecule has 0 aromatic carbocycles. The third-order valence-electron chi connectivity index (χ3n) is 2.09. The maximum atomic E-state index is 4.04. The Bertz CT molecular complexity index is 435. The van der Waals surface area contributed by atoms with Crippen LogP contribution < -0.4 is 5.32 Å². The molecule has 0 atom stereocenters. The summed E-state index contributed by atoms with van der Waals surface area (Å²) in [6.07, 6.45) is 5.12. The molecule has 0 saturated heterocycles. The predicted molar refractivity (Wildman–Crippen MR) is 57.8 cm³/mol. The fourth-order valence-corrected chi connectivity index (χ4v) is 1.29. The standard InChI is InChI=1S/C9H14N6/c1-14(2)4-3-11-9-8-5-10-6-15(8)7-12-13-9/h5-7H,3-4H2,1-2H3,(H,11,13). The summed E-state index contributed by atoms with van der Waals surface area (Å²) in [6, 6.07) is 0. The fraction of sp³-hybridized carbons (Fsp3) is 0.444. The van der Waals surface area contributed by atoms with Gasteiger partial charge in [-0.05, 0) is 14.1 Å². The topological polar surface area (TPSA) is 58.3 Å². The lowest BCUT2D eigenvalue weighted by molar-refractivity contribution is 0.425. The van der Waals surface area contributed by atoms with Crippen molar-refractivity contribution in [3.05, 3.63) is 18.9 Å². The van der Waals surface area contributed by atoms with Crippen LogP contribution in [0.1, 0.15) is 0 Å². The van der Waals surface area contributed by atoms with Gasteiger partial charge in [0, 0.05) is 13.1 Å². The molecule has 6 heteroatoms. The van der Waals surface area contributed by atoms with Gasteiger partial charge < -0.3 is 10.2 Å². The lowest BCUT2D eigenvalue weighted by Crippen LogP contribution is -2.21. The van der Waals surface area contributed by atoms with Crippen LogP contribution in [0.4, 0.5) is 5.82 Å². The molecule has 0 saturated carbocycles. The molecule has 1 N–H and O–H groups in total. The number of rotatable bonds is 4. The summed E-state index contributed by atoms with van der Waals surface area (Å²) in [6.45, 7) is 1.80. The molecule has 0 unspecified atom stereocenters. The van der Waals surface area contributed by atoms with Gasteiger partial charge in [0.05, 0.1) is 6.20 Å². The molecular weight excluding hydrogens is 192 g/mol. The number of anilines is 1. The van der Waals surface area contributed by atoms with Crippen LogP contribution in [0.3, 0.4) is 0 Å². The molecule has 0 spiro atoms. The SMILES string of the molecule is CN(C)CCNc1nncn2cncc12. The van der Waals surface area contributed by atoms with Crippen LogP contribution in [0.2, 0.25) is 0 Å². The van der Waals surface area contributed by atoms with E-state index in [4.69, 9.17) is 0 Å². The highest BCUT2D eigenvalue weighted by Crippen LogP contribution is 2.10. The Kier molecular flexibility index (Phi) is 2.77. The van der Waals surface area contributed by atoms with Gasteiger partial charge in [-0.1, -0.05) is 0 Å². The van der Waals surface area contributed by atoms with Crippen molar-refractivity contribution in [2.75, 3.05) is 32.5 Å². The van der Waals surface area contributed by atoms with Crippen LogP contribution in [-0.2, 0) is 0 Å².